The molecule has 2 unspecified atom stereocenters. The Morgan fingerprint density at radius 3 is 2.80 bits per heavy atom. The fourth-order valence-corrected chi connectivity index (χ4v) is 2.69. The van der Waals surface area contributed by atoms with Gasteiger partial charge in [-0.15, -0.1) is 0 Å². The van der Waals surface area contributed by atoms with Crippen LogP contribution in [0.5, 0.6) is 0 Å². The number of nitrogens with zero attached hydrogens (tertiary/aromatic N) is 1. The van der Waals surface area contributed by atoms with Crippen LogP contribution in [0.4, 0.5) is 5.69 Å². The maximum Gasteiger partial charge on any atom is 0.251 e. The van der Waals surface area contributed by atoms with Crippen LogP contribution in [-0.2, 0) is 0 Å². The van der Waals surface area contributed by atoms with Crippen molar-refractivity contribution in [3.63, 3.8) is 0 Å². The van der Waals surface area contributed by atoms with Crippen molar-refractivity contribution in [3.8, 4) is 0 Å². The normalized spacial score (nSPS) is 23.4. The molecule has 5 nitrogen and oxygen atoms in total. The zero-order valence-electron chi connectivity index (χ0n) is 12.4. The van der Waals surface area contributed by atoms with Gasteiger partial charge < -0.3 is 15.6 Å². The molecular formula is C15H24N4O. The van der Waals surface area contributed by atoms with Crippen LogP contribution in [0, 0.1) is 6.92 Å². The second-order valence-corrected chi connectivity index (χ2v) is 5.70. The van der Waals surface area contributed by atoms with E-state index in [-0.39, 0.29) is 11.9 Å². The summed E-state index contributed by atoms with van der Waals surface area (Å²) in [6, 6.07) is 6.29. The average Bonchev–Trinajstić information content (AvgIpc) is 2.42. The highest BCUT2D eigenvalue weighted by Gasteiger charge is 2.24. The van der Waals surface area contributed by atoms with E-state index in [4.69, 9.17) is 5.84 Å². The number of carbonyl (C=O) groups excluding carboxylic acids is 1. The Morgan fingerprint density at radius 1 is 1.45 bits per heavy atom. The molecule has 20 heavy (non-hydrogen) atoms. The maximum absolute atomic E-state index is 12.3. The first-order chi connectivity index (χ1) is 9.51. The number of rotatable bonds is 3. The monoisotopic (exact) mass is 276 g/mol. The molecule has 0 saturated carbocycles. The molecule has 1 fully saturated rings. The second kappa shape index (κ2) is 6.24. The number of aryl methyl sites for hydroxylation is 1. The van der Waals surface area contributed by atoms with Crippen LogP contribution in [0.15, 0.2) is 18.2 Å². The standard InChI is InChI=1S/C15H24N4O/c1-10-8-13(18-16)4-5-14(10)15(20)17-12-6-7-19(3)11(2)9-12/h4-5,8,11-12,18H,6-7,9,16H2,1-3H3,(H,17,20). The van der Waals surface area contributed by atoms with Gasteiger partial charge in [-0.05, 0) is 57.5 Å². The van der Waals surface area contributed by atoms with Crippen molar-refractivity contribution >= 4 is 11.6 Å². The van der Waals surface area contributed by atoms with E-state index in [9.17, 15) is 4.79 Å². The molecule has 0 bridgehead atoms. The summed E-state index contributed by atoms with van der Waals surface area (Å²) in [6.07, 6.45) is 2.01. The Kier molecular flexibility index (Phi) is 4.62. The van der Waals surface area contributed by atoms with Gasteiger partial charge in [-0.2, -0.15) is 0 Å². The van der Waals surface area contributed by atoms with Crippen LogP contribution >= 0.6 is 0 Å². The Labute approximate surface area is 120 Å². The summed E-state index contributed by atoms with van der Waals surface area (Å²) in [4.78, 5) is 14.7. The minimum absolute atomic E-state index is 0.00724. The first kappa shape index (κ1) is 14.8. The number of hydrogen-bond donors (Lipinski definition) is 3. The number of nitrogens with two attached hydrogens (primary N) is 1. The Bertz CT molecular complexity index is 489. The third-order valence-corrected chi connectivity index (χ3v) is 4.18. The molecule has 2 rings (SSSR count). The summed E-state index contributed by atoms with van der Waals surface area (Å²) in [5, 5.41) is 3.15. The third-order valence-electron chi connectivity index (χ3n) is 4.18. The molecule has 1 aromatic rings. The summed E-state index contributed by atoms with van der Waals surface area (Å²) in [7, 11) is 2.13. The third kappa shape index (κ3) is 3.29. The fourth-order valence-electron chi connectivity index (χ4n) is 2.69. The van der Waals surface area contributed by atoms with Gasteiger partial charge in [-0.3, -0.25) is 10.6 Å². The number of piperidine rings is 1. The SMILES string of the molecule is Cc1cc(NN)ccc1C(=O)NC1CCN(C)C(C)C1. The number of anilines is 1. The summed E-state index contributed by atoms with van der Waals surface area (Å²) >= 11 is 0. The van der Waals surface area contributed by atoms with E-state index >= 15 is 0 Å². The first-order valence-corrected chi connectivity index (χ1v) is 7.09. The van der Waals surface area contributed by atoms with Crippen LogP contribution in [0.2, 0.25) is 0 Å². The molecule has 0 aliphatic carbocycles. The number of carbonyl (C=O) groups is 1. The molecule has 1 aliphatic rings. The van der Waals surface area contributed by atoms with Gasteiger partial charge in [0.1, 0.15) is 0 Å². The minimum Gasteiger partial charge on any atom is -0.349 e. The van der Waals surface area contributed by atoms with E-state index in [1.807, 2.05) is 25.1 Å². The number of hydrogen-bond acceptors (Lipinski definition) is 4. The van der Waals surface area contributed by atoms with Gasteiger partial charge in [0, 0.05) is 29.9 Å². The molecule has 110 valence electrons. The molecule has 1 amide bonds. The largest absolute Gasteiger partial charge is 0.349 e. The Morgan fingerprint density at radius 2 is 2.20 bits per heavy atom. The number of hydrazine groups is 1. The van der Waals surface area contributed by atoms with Crippen molar-refractivity contribution in [2.24, 2.45) is 5.84 Å². The molecular weight excluding hydrogens is 252 g/mol. The van der Waals surface area contributed by atoms with Crippen molar-refractivity contribution in [2.45, 2.75) is 38.8 Å². The fraction of sp³-hybridized carbons (Fsp3) is 0.533. The summed E-state index contributed by atoms with van der Waals surface area (Å²) < 4.78 is 0. The topological polar surface area (TPSA) is 70.4 Å². The molecule has 0 aromatic heterocycles. The van der Waals surface area contributed by atoms with E-state index in [1.54, 1.807) is 0 Å². The molecule has 1 aliphatic heterocycles. The van der Waals surface area contributed by atoms with E-state index in [1.165, 1.54) is 0 Å². The zero-order chi connectivity index (χ0) is 14.7. The van der Waals surface area contributed by atoms with Crippen molar-refractivity contribution in [3.05, 3.63) is 29.3 Å². The molecule has 0 radical (unpaired) electrons. The molecule has 1 aromatic carbocycles. The molecule has 1 heterocycles. The number of nitrogen functional groups attached to an aromatic ring is 1. The Hall–Kier alpha value is -1.59. The highest BCUT2D eigenvalue weighted by molar-refractivity contribution is 5.96. The summed E-state index contributed by atoms with van der Waals surface area (Å²) in [5.74, 6) is 5.37. The van der Waals surface area contributed by atoms with E-state index in [0.29, 0.717) is 6.04 Å². The lowest BCUT2D eigenvalue weighted by molar-refractivity contribution is 0.0896. The van der Waals surface area contributed by atoms with Crippen LogP contribution in [-0.4, -0.2) is 36.5 Å². The predicted octanol–water partition coefficient (Wildman–Crippen LogP) is 1.49. The maximum atomic E-state index is 12.3. The van der Waals surface area contributed by atoms with Gasteiger partial charge in [0.2, 0.25) is 0 Å². The molecule has 2 atom stereocenters. The lowest BCUT2D eigenvalue weighted by Crippen LogP contribution is -2.47. The van der Waals surface area contributed by atoms with E-state index in [0.717, 1.165) is 36.2 Å². The highest BCUT2D eigenvalue weighted by Crippen LogP contribution is 2.18. The second-order valence-electron chi connectivity index (χ2n) is 5.70. The van der Waals surface area contributed by atoms with Crippen LogP contribution in [0.25, 0.3) is 0 Å². The first-order valence-electron chi connectivity index (χ1n) is 7.09. The highest BCUT2D eigenvalue weighted by atomic mass is 16.1. The van der Waals surface area contributed by atoms with Crippen LogP contribution < -0.4 is 16.6 Å². The van der Waals surface area contributed by atoms with E-state index < -0.39 is 0 Å². The summed E-state index contributed by atoms with van der Waals surface area (Å²) in [5.41, 5.74) is 5.05. The van der Waals surface area contributed by atoms with Gasteiger partial charge in [0.05, 0.1) is 0 Å². The number of amides is 1. The molecule has 0 spiro atoms. The van der Waals surface area contributed by atoms with Gasteiger partial charge >= 0.3 is 0 Å². The van der Waals surface area contributed by atoms with Crippen molar-refractivity contribution in [1.29, 1.82) is 0 Å². The quantitative estimate of drug-likeness (QED) is 0.578. The predicted molar refractivity (Wildman–Crippen MR) is 81.6 cm³/mol. The average molecular weight is 276 g/mol. The minimum atomic E-state index is 0.00724. The number of nitrogens with one attached hydrogen (secondary N) is 2. The lowest BCUT2D eigenvalue weighted by Gasteiger charge is -2.35. The van der Waals surface area contributed by atoms with Crippen molar-refractivity contribution in [2.75, 3.05) is 19.0 Å². The van der Waals surface area contributed by atoms with Crippen LogP contribution in [0.1, 0.15) is 35.7 Å². The van der Waals surface area contributed by atoms with Gasteiger partial charge in [-0.25, -0.2) is 0 Å². The lowest BCUT2D eigenvalue weighted by atomic mass is 9.98. The summed E-state index contributed by atoms with van der Waals surface area (Å²) in [6.45, 7) is 5.15. The molecule has 1 saturated heterocycles. The molecule has 5 heteroatoms. The smallest absolute Gasteiger partial charge is 0.251 e. The van der Waals surface area contributed by atoms with Crippen molar-refractivity contribution < 1.29 is 4.79 Å². The van der Waals surface area contributed by atoms with Gasteiger partial charge in [-0.1, -0.05) is 0 Å². The number of benzene rings is 1. The molecule has 4 N–H and O–H groups in total. The van der Waals surface area contributed by atoms with Crippen LogP contribution in [0.3, 0.4) is 0 Å². The zero-order valence-corrected chi connectivity index (χ0v) is 12.4. The number of likely N-dealkylation sites (tertiary alicyclic amines) is 1. The van der Waals surface area contributed by atoms with Gasteiger partial charge in [0.25, 0.3) is 5.91 Å². The van der Waals surface area contributed by atoms with Crippen molar-refractivity contribution in [1.82, 2.24) is 10.2 Å². The Balaban J connectivity index is 2.01. The van der Waals surface area contributed by atoms with Gasteiger partial charge in [0.15, 0.2) is 0 Å². The van der Waals surface area contributed by atoms with E-state index in [2.05, 4.69) is 29.6 Å².